The second-order valence-electron chi connectivity index (χ2n) is 7.13. The molecule has 0 aliphatic rings. The van der Waals surface area contributed by atoms with Gasteiger partial charge in [0.2, 0.25) is 0 Å². The highest BCUT2D eigenvalue weighted by atomic mass is 35.5. The number of aryl methyl sites for hydroxylation is 2. The monoisotopic (exact) mass is 492 g/mol. The SMILES string of the molecule is CC(=N)c1cnc(Cl)cc1C.CCCc1cc(Sc2cccc(OC)c2)ccc1OC(F)F. The van der Waals surface area contributed by atoms with E-state index in [0.717, 1.165) is 38.7 Å². The zero-order valence-electron chi connectivity index (χ0n) is 19.0. The third-order valence-corrected chi connectivity index (χ3v) is 5.71. The maximum Gasteiger partial charge on any atom is 0.387 e. The summed E-state index contributed by atoms with van der Waals surface area (Å²) in [6.45, 7) is 2.86. The number of hydrogen-bond acceptors (Lipinski definition) is 5. The van der Waals surface area contributed by atoms with Crippen LogP contribution in [0.2, 0.25) is 5.15 Å². The minimum absolute atomic E-state index is 0.256. The highest BCUT2D eigenvalue weighted by molar-refractivity contribution is 7.99. The van der Waals surface area contributed by atoms with Crippen LogP contribution in [0.25, 0.3) is 0 Å². The van der Waals surface area contributed by atoms with Gasteiger partial charge in [-0.05, 0) is 73.9 Å². The lowest BCUT2D eigenvalue weighted by Crippen LogP contribution is -2.04. The lowest BCUT2D eigenvalue weighted by molar-refractivity contribution is -0.0504. The Morgan fingerprint density at radius 2 is 1.88 bits per heavy atom. The van der Waals surface area contributed by atoms with E-state index in [1.807, 2.05) is 44.2 Å². The highest BCUT2D eigenvalue weighted by Gasteiger charge is 2.11. The molecule has 0 saturated heterocycles. The molecule has 0 amide bonds. The van der Waals surface area contributed by atoms with Crippen molar-refractivity contribution in [3.63, 3.8) is 0 Å². The van der Waals surface area contributed by atoms with Gasteiger partial charge in [-0.3, -0.25) is 0 Å². The summed E-state index contributed by atoms with van der Waals surface area (Å²) in [4.78, 5) is 5.90. The van der Waals surface area contributed by atoms with Crippen LogP contribution in [-0.4, -0.2) is 24.4 Å². The van der Waals surface area contributed by atoms with Gasteiger partial charge in [0.25, 0.3) is 0 Å². The van der Waals surface area contributed by atoms with Gasteiger partial charge in [-0.25, -0.2) is 4.98 Å². The first kappa shape index (κ1) is 26.6. The van der Waals surface area contributed by atoms with E-state index in [1.165, 1.54) is 0 Å². The maximum atomic E-state index is 12.4. The molecule has 0 bridgehead atoms. The molecule has 4 nitrogen and oxygen atoms in total. The Hall–Kier alpha value is -2.64. The number of halogens is 3. The van der Waals surface area contributed by atoms with Gasteiger partial charge in [0, 0.05) is 27.3 Å². The number of rotatable bonds is 8. The molecule has 0 spiro atoms. The lowest BCUT2D eigenvalue weighted by atomic mass is 10.1. The molecule has 0 atom stereocenters. The van der Waals surface area contributed by atoms with E-state index >= 15 is 0 Å². The molecule has 1 N–H and O–H groups in total. The quantitative estimate of drug-likeness (QED) is 0.257. The van der Waals surface area contributed by atoms with E-state index in [1.54, 1.807) is 50.2 Å². The third-order valence-electron chi connectivity index (χ3n) is 4.53. The Kier molecular flexibility index (Phi) is 10.6. The van der Waals surface area contributed by atoms with Crippen LogP contribution in [0.1, 0.15) is 37.0 Å². The molecule has 3 aromatic rings. The van der Waals surface area contributed by atoms with Gasteiger partial charge in [-0.1, -0.05) is 42.8 Å². The summed E-state index contributed by atoms with van der Waals surface area (Å²) >= 11 is 7.20. The Labute approximate surface area is 202 Å². The average Bonchev–Trinajstić information content (AvgIpc) is 2.76. The van der Waals surface area contributed by atoms with Crippen molar-refractivity contribution in [2.24, 2.45) is 0 Å². The predicted octanol–water partition coefficient (Wildman–Crippen LogP) is 7.83. The van der Waals surface area contributed by atoms with Gasteiger partial charge in [0.05, 0.1) is 7.11 Å². The standard InChI is InChI=1S/C17H18F2O2S.C8H9ClN2/c1-3-5-12-10-15(8-9-16(12)21-17(18)19)22-14-7-4-6-13(11-14)20-2;1-5-3-8(9)11-4-7(5)6(2)10/h4,6-11,17H,3,5H2,1-2H3;3-4,10H,1-2H3. The van der Waals surface area contributed by atoms with Crippen LogP contribution < -0.4 is 9.47 Å². The van der Waals surface area contributed by atoms with E-state index in [4.69, 9.17) is 21.7 Å². The molecule has 1 heterocycles. The normalized spacial score (nSPS) is 10.4. The van der Waals surface area contributed by atoms with Crippen LogP contribution in [0.15, 0.2) is 64.5 Å². The van der Waals surface area contributed by atoms with Crippen LogP contribution >= 0.6 is 23.4 Å². The number of methoxy groups -OCH3 is 1. The molecule has 0 aliphatic carbocycles. The van der Waals surface area contributed by atoms with E-state index in [9.17, 15) is 8.78 Å². The first-order valence-electron chi connectivity index (χ1n) is 10.3. The Morgan fingerprint density at radius 3 is 2.48 bits per heavy atom. The van der Waals surface area contributed by atoms with Crippen LogP contribution in [-0.2, 0) is 6.42 Å². The molecule has 2 aromatic carbocycles. The van der Waals surface area contributed by atoms with Crippen molar-refractivity contribution >= 4 is 29.1 Å². The Balaban J connectivity index is 0.000000294. The van der Waals surface area contributed by atoms with Crippen molar-refractivity contribution in [2.45, 2.75) is 50.0 Å². The second-order valence-corrected chi connectivity index (χ2v) is 8.66. The summed E-state index contributed by atoms with van der Waals surface area (Å²) < 4.78 is 34.6. The minimum atomic E-state index is -2.80. The first-order chi connectivity index (χ1) is 15.7. The summed E-state index contributed by atoms with van der Waals surface area (Å²) in [6.07, 6.45) is 3.20. The van der Waals surface area contributed by atoms with E-state index in [2.05, 4.69) is 9.72 Å². The van der Waals surface area contributed by atoms with E-state index < -0.39 is 6.61 Å². The number of nitrogens with zero attached hydrogens (tertiary/aromatic N) is 1. The van der Waals surface area contributed by atoms with Crippen LogP contribution in [0.3, 0.4) is 0 Å². The number of benzene rings is 2. The van der Waals surface area contributed by atoms with Crippen molar-refractivity contribution in [3.8, 4) is 11.5 Å². The number of hydrogen-bond donors (Lipinski definition) is 1. The van der Waals surface area contributed by atoms with Crippen molar-refractivity contribution in [2.75, 3.05) is 7.11 Å². The Morgan fingerprint density at radius 1 is 1.15 bits per heavy atom. The van der Waals surface area contributed by atoms with Gasteiger partial charge in [0.1, 0.15) is 16.7 Å². The summed E-state index contributed by atoms with van der Waals surface area (Å²) in [5.41, 5.74) is 3.18. The fourth-order valence-electron chi connectivity index (χ4n) is 3.01. The zero-order chi connectivity index (χ0) is 24.4. The molecule has 176 valence electrons. The van der Waals surface area contributed by atoms with E-state index in [-0.39, 0.29) is 5.75 Å². The van der Waals surface area contributed by atoms with Crippen LogP contribution in [0, 0.1) is 12.3 Å². The molecule has 8 heteroatoms. The average molecular weight is 493 g/mol. The van der Waals surface area contributed by atoms with Crippen molar-refractivity contribution < 1.29 is 18.3 Å². The second kappa shape index (κ2) is 13.2. The first-order valence-corrected chi connectivity index (χ1v) is 11.5. The van der Waals surface area contributed by atoms with Crippen molar-refractivity contribution in [1.82, 2.24) is 4.98 Å². The number of nitrogens with one attached hydrogen (secondary N) is 1. The number of pyridine rings is 1. The maximum absolute atomic E-state index is 12.4. The topological polar surface area (TPSA) is 55.2 Å². The molecule has 1 aromatic heterocycles. The molecule has 0 unspecified atom stereocenters. The fraction of sp³-hybridized carbons (Fsp3) is 0.280. The van der Waals surface area contributed by atoms with Crippen LogP contribution in [0.5, 0.6) is 11.5 Å². The van der Waals surface area contributed by atoms with Gasteiger partial charge in [-0.2, -0.15) is 8.78 Å². The summed E-state index contributed by atoms with van der Waals surface area (Å²) in [6, 6.07) is 14.8. The third kappa shape index (κ3) is 8.67. The van der Waals surface area contributed by atoms with Gasteiger partial charge in [0.15, 0.2) is 0 Å². The van der Waals surface area contributed by atoms with Gasteiger partial charge >= 0.3 is 6.61 Å². The van der Waals surface area contributed by atoms with E-state index in [0.29, 0.717) is 17.3 Å². The molecule has 0 saturated carbocycles. The largest absolute Gasteiger partial charge is 0.497 e. The van der Waals surface area contributed by atoms with Gasteiger partial charge < -0.3 is 14.9 Å². The van der Waals surface area contributed by atoms with Crippen LogP contribution in [0.4, 0.5) is 8.78 Å². The summed E-state index contributed by atoms with van der Waals surface area (Å²) in [5, 5.41) is 7.84. The Bertz CT molecular complexity index is 1080. The highest BCUT2D eigenvalue weighted by Crippen LogP contribution is 2.33. The van der Waals surface area contributed by atoms with Crippen molar-refractivity contribution in [1.29, 1.82) is 5.41 Å². The van der Waals surface area contributed by atoms with Gasteiger partial charge in [-0.15, -0.1) is 0 Å². The molecule has 0 radical (unpaired) electrons. The number of alkyl halides is 2. The van der Waals surface area contributed by atoms with Crippen molar-refractivity contribution in [3.05, 3.63) is 76.6 Å². The minimum Gasteiger partial charge on any atom is -0.497 e. The molecule has 3 rings (SSSR count). The number of aromatic nitrogens is 1. The lowest BCUT2D eigenvalue weighted by Gasteiger charge is -2.12. The summed E-state index contributed by atoms with van der Waals surface area (Å²) in [7, 11) is 1.62. The smallest absolute Gasteiger partial charge is 0.387 e. The molecular weight excluding hydrogens is 466 g/mol. The number of ether oxygens (including phenoxy) is 2. The fourth-order valence-corrected chi connectivity index (χ4v) is 4.15. The molecule has 0 aliphatic heterocycles. The molecular formula is C25H27ClF2N2O2S. The summed E-state index contributed by atoms with van der Waals surface area (Å²) in [5.74, 6) is 1.04. The molecule has 33 heavy (non-hydrogen) atoms. The zero-order valence-corrected chi connectivity index (χ0v) is 20.6. The predicted molar refractivity (Wildman–Crippen MR) is 131 cm³/mol. The molecule has 0 fully saturated rings.